The monoisotopic (exact) mass is 411 g/mol. The largest absolute Gasteiger partial charge is 0.325 e. The molecule has 3 aromatic carbocycles. The summed E-state index contributed by atoms with van der Waals surface area (Å²) in [5.74, 6) is -0.0337. The number of aryl methyl sites for hydroxylation is 1. The molecule has 0 aliphatic carbocycles. The predicted molar refractivity (Wildman–Crippen MR) is 124 cm³/mol. The molecule has 0 fully saturated rings. The van der Waals surface area contributed by atoms with Gasteiger partial charge < -0.3 is 5.32 Å². The Morgan fingerprint density at radius 1 is 1.03 bits per heavy atom. The minimum absolute atomic E-state index is 0.0337. The zero-order chi connectivity index (χ0) is 20.5. The van der Waals surface area contributed by atoms with E-state index in [2.05, 4.69) is 36.5 Å². The second kappa shape index (κ2) is 7.76. The van der Waals surface area contributed by atoms with Crippen molar-refractivity contribution in [3.05, 3.63) is 89.6 Å². The molecule has 2 heterocycles. The maximum atomic E-state index is 12.8. The van der Waals surface area contributed by atoms with Gasteiger partial charge in [0.15, 0.2) is 4.96 Å². The maximum Gasteiger partial charge on any atom is 0.230 e. The fraction of sp³-hybridized carbons (Fsp3) is 0.120. The van der Waals surface area contributed by atoms with Crippen LogP contribution in [0.4, 0.5) is 5.69 Å². The molecule has 5 rings (SSSR count). The molecule has 4 nitrogen and oxygen atoms in total. The molecule has 0 spiro atoms. The minimum atomic E-state index is -0.0337. The number of carbonyl (C=O) groups excluding carboxylic acids is 1. The number of amides is 1. The first-order valence-corrected chi connectivity index (χ1v) is 10.9. The van der Waals surface area contributed by atoms with Crippen LogP contribution in [0.15, 0.2) is 78.3 Å². The van der Waals surface area contributed by atoms with Gasteiger partial charge in [0, 0.05) is 33.9 Å². The van der Waals surface area contributed by atoms with Crippen molar-refractivity contribution in [2.24, 2.45) is 0 Å². The number of benzene rings is 3. The molecular weight excluding hydrogens is 390 g/mol. The van der Waals surface area contributed by atoms with Crippen LogP contribution in [0.1, 0.15) is 18.2 Å². The molecule has 5 heteroatoms. The van der Waals surface area contributed by atoms with E-state index in [-0.39, 0.29) is 5.91 Å². The summed E-state index contributed by atoms with van der Waals surface area (Å²) in [5, 5.41) is 7.24. The second-order valence-electron chi connectivity index (χ2n) is 7.31. The number of hydrogen-bond donors (Lipinski definition) is 1. The molecule has 5 aromatic rings. The maximum absolute atomic E-state index is 12.8. The van der Waals surface area contributed by atoms with Crippen molar-refractivity contribution < 1.29 is 4.79 Å². The van der Waals surface area contributed by atoms with Crippen molar-refractivity contribution in [1.29, 1.82) is 0 Å². The van der Waals surface area contributed by atoms with Crippen LogP contribution < -0.4 is 5.32 Å². The summed E-state index contributed by atoms with van der Waals surface area (Å²) >= 11 is 1.56. The number of carbonyl (C=O) groups is 1. The zero-order valence-corrected chi connectivity index (χ0v) is 17.4. The van der Waals surface area contributed by atoms with E-state index < -0.39 is 0 Å². The van der Waals surface area contributed by atoms with Crippen LogP contribution in [-0.2, 0) is 17.6 Å². The average Bonchev–Trinajstić information content (AvgIpc) is 3.36. The number of hydrogen-bond acceptors (Lipinski definition) is 3. The summed E-state index contributed by atoms with van der Waals surface area (Å²) in [4.78, 5) is 18.4. The van der Waals surface area contributed by atoms with Gasteiger partial charge in [-0.25, -0.2) is 4.98 Å². The molecule has 0 bridgehead atoms. The van der Waals surface area contributed by atoms with Crippen LogP contribution in [0.3, 0.4) is 0 Å². The molecule has 148 valence electrons. The lowest BCUT2D eigenvalue weighted by Gasteiger charge is -2.08. The third-order valence-corrected chi connectivity index (χ3v) is 6.24. The van der Waals surface area contributed by atoms with Gasteiger partial charge in [0.25, 0.3) is 0 Å². The molecule has 0 unspecified atom stereocenters. The van der Waals surface area contributed by atoms with Gasteiger partial charge in [0.05, 0.1) is 12.1 Å². The molecule has 0 radical (unpaired) electrons. The van der Waals surface area contributed by atoms with Gasteiger partial charge in [-0.1, -0.05) is 67.6 Å². The van der Waals surface area contributed by atoms with Crippen LogP contribution in [0.2, 0.25) is 0 Å². The Balaban J connectivity index is 1.38. The molecular formula is C25H21N3OS. The number of nitrogens with one attached hydrogen (secondary N) is 1. The van der Waals surface area contributed by atoms with Crippen molar-refractivity contribution in [3.63, 3.8) is 0 Å². The van der Waals surface area contributed by atoms with E-state index in [9.17, 15) is 4.79 Å². The van der Waals surface area contributed by atoms with E-state index in [0.29, 0.717) is 6.42 Å². The Bertz CT molecular complexity index is 1340. The smallest absolute Gasteiger partial charge is 0.230 e. The number of rotatable bonds is 5. The molecule has 30 heavy (non-hydrogen) atoms. The summed E-state index contributed by atoms with van der Waals surface area (Å²) in [6.07, 6.45) is 3.34. The van der Waals surface area contributed by atoms with Crippen LogP contribution in [0.25, 0.3) is 27.0 Å². The molecule has 2 aromatic heterocycles. The summed E-state index contributed by atoms with van der Waals surface area (Å²) in [6.45, 7) is 2.15. The number of thiazole rings is 1. The molecule has 1 N–H and O–H groups in total. The van der Waals surface area contributed by atoms with Crippen LogP contribution in [0, 0.1) is 0 Å². The number of aromatic nitrogens is 2. The third-order valence-electron chi connectivity index (χ3n) is 5.35. The van der Waals surface area contributed by atoms with E-state index in [4.69, 9.17) is 4.98 Å². The van der Waals surface area contributed by atoms with Crippen LogP contribution in [-0.4, -0.2) is 15.3 Å². The highest BCUT2D eigenvalue weighted by Gasteiger charge is 2.13. The molecule has 1 amide bonds. The Labute approximate surface area is 178 Å². The number of imidazole rings is 1. The molecule has 0 atom stereocenters. The van der Waals surface area contributed by atoms with Crippen molar-refractivity contribution in [3.8, 4) is 11.3 Å². The highest BCUT2D eigenvalue weighted by Crippen LogP contribution is 2.26. The van der Waals surface area contributed by atoms with E-state index in [0.717, 1.165) is 44.8 Å². The Morgan fingerprint density at radius 3 is 2.67 bits per heavy atom. The van der Waals surface area contributed by atoms with Crippen LogP contribution in [0.5, 0.6) is 0 Å². The fourth-order valence-corrected chi connectivity index (χ4v) is 4.57. The van der Waals surface area contributed by atoms with Crippen molar-refractivity contribution in [2.45, 2.75) is 19.8 Å². The Hall–Kier alpha value is -3.44. The van der Waals surface area contributed by atoms with Crippen LogP contribution >= 0.6 is 11.3 Å². The Morgan fingerprint density at radius 2 is 1.83 bits per heavy atom. The zero-order valence-electron chi connectivity index (χ0n) is 16.6. The number of anilines is 1. The van der Waals surface area contributed by atoms with E-state index in [1.54, 1.807) is 11.3 Å². The lowest BCUT2D eigenvalue weighted by Crippen LogP contribution is -2.15. The fourth-order valence-electron chi connectivity index (χ4n) is 3.70. The van der Waals surface area contributed by atoms with E-state index >= 15 is 0 Å². The van der Waals surface area contributed by atoms with Gasteiger partial charge in [-0.2, -0.15) is 0 Å². The normalized spacial score (nSPS) is 11.2. The molecule has 0 saturated carbocycles. The highest BCUT2D eigenvalue weighted by molar-refractivity contribution is 7.15. The first kappa shape index (κ1) is 18.6. The van der Waals surface area contributed by atoms with Gasteiger partial charge in [-0.15, -0.1) is 11.3 Å². The summed E-state index contributed by atoms with van der Waals surface area (Å²) in [7, 11) is 0. The minimum Gasteiger partial charge on any atom is -0.325 e. The van der Waals surface area contributed by atoms with Gasteiger partial charge in [-0.05, 0) is 23.4 Å². The standard InChI is InChI=1S/C25H21N3OS/c1-2-17-10-12-19(13-11-17)23-15-28-20(16-30-25(28)27-23)14-24(29)26-22-9-5-7-18-6-3-4-8-21(18)22/h3-13,15-16H,2,14H2,1H3,(H,26,29). The lowest BCUT2D eigenvalue weighted by molar-refractivity contribution is -0.115. The number of fused-ring (bicyclic) bond motifs is 2. The van der Waals surface area contributed by atoms with Gasteiger partial charge in [0.1, 0.15) is 0 Å². The van der Waals surface area contributed by atoms with E-state index in [1.807, 2.05) is 58.4 Å². The van der Waals surface area contributed by atoms with Gasteiger partial charge in [-0.3, -0.25) is 9.20 Å². The third kappa shape index (κ3) is 3.48. The van der Waals surface area contributed by atoms with Crippen molar-refractivity contribution >= 4 is 38.7 Å². The summed E-state index contributed by atoms with van der Waals surface area (Å²) < 4.78 is 2.02. The first-order valence-electron chi connectivity index (χ1n) is 10.0. The number of nitrogens with zero attached hydrogens (tertiary/aromatic N) is 2. The lowest BCUT2D eigenvalue weighted by atomic mass is 10.1. The average molecular weight is 412 g/mol. The second-order valence-corrected chi connectivity index (χ2v) is 8.14. The quantitative estimate of drug-likeness (QED) is 0.388. The molecule has 0 aliphatic rings. The SMILES string of the molecule is CCc1ccc(-c2cn3c(CC(=O)Nc4cccc5ccccc45)csc3n2)cc1. The van der Waals surface area contributed by atoms with Crippen molar-refractivity contribution in [2.75, 3.05) is 5.32 Å². The molecule has 0 aliphatic heterocycles. The summed E-state index contributed by atoms with van der Waals surface area (Å²) in [5.41, 5.74) is 5.11. The topological polar surface area (TPSA) is 46.4 Å². The first-order chi connectivity index (χ1) is 14.7. The predicted octanol–water partition coefficient (Wildman–Crippen LogP) is 5.96. The van der Waals surface area contributed by atoms with E-state index in [1.165, 1.54) is 5.56 Å². The van der Waals surface area contributed by atoms with Gasteiger partial charge >= 0.3 is 0 Å². The Kier molecular flexibility index (Phi) is 4.81. The summed E-state index contributed by atoms with van der Waals surface area (Å²) in [6, 6.07) is 22.5. The van der Waals surface area contributed by atoms with Gasteiger partial charge in [0.2, 0.25) is 5.91 Å². The van der Waals surface area contributed by atoms with Crippen molar-refractivity contribution in [1.82, 2.24) is 9.38 Å². The highest BCUT2D eigenvalue weighted by atomic mass is 32.1. The molecule has 0 saturated heterocycles.